The van der Waals surface area contributed by atoms with Gasteiger partial charge in [0.1, 0.15) is 0 Å². The first-order valence-corrected chi connectivity index (χ1v) is 21.3. The van der Waals surface area contributed by atoms with Crippen molar-refractivity contribution >= 4 is 32.8 Å². The predicted octanol–water partition coefficient (Wildman–Crippen LogP) is 6.31. The van der Waals surface area contributed by atoms with Gasteiger partial charge in [0.25, 0.3) is 0 Å². The van der Waals surface area contributed by atoms with Crippen molar-refractivity contribution < 1.29 is 49.0 Å². The Morgan fingerprint density at radius 1 is 0.667 bits per heavy atom. The molecule has 0 bridgehead atoms. The van der Waals surface area contributed by atoms with Crippen LogP contribution in [0.3, 0.4) is 0 Å². The zero-order chi connectivity index (χ0) is 33.9. The van der Waals surface area contributed by atoms with Crippen molar-refractivity contribution in [3.63, 3.8) is 0 Å². The van der Waals surface area contributed by atoms with Gasteiger partial charge in [0, 0.05) is 0 Å². The molecule has 0 radical (unpaired) electrons. The van der Waals surface area contributed by atoms with Gasteiger partial charge in [-0.1, -0.05) is 116 Å². The second kappa shape index (κ2) is 17.1. The summed E-state index contributed by atoms with van der Waals surface area (Å²) in [6.45, 7) is 25.2. The van der Waals surface area contributed by atoms with E-state index in [2.05, 4.69) is 190 Å². The van der Waals surface area contributed by atoms with Crippen molar-refractivity contribution in [2.24, 2.45) is 5.92 Å². The molecule has 1 aliphatic carbocycles. The van der Waals surface area contributed by atoms with Gasteiger partial charge in [-0.05, 0) is 18.9 Å². The van der Waals surface area contributed by atoms with Crippen LogP contribution in [0.1, 0.15) is 77.6 Å². The summed E-state index contributed by atoms with van der Waals surface area (Å²) < 4.78 is 1.42. The maximum atomic E-state index is 3.43. The van der Waals surface area contributed by atoms with Crippen molar-refractivity contribution in [3.8, 4) is 0 Å². The van der Waals surface area contributed by atoms with E-state index in [0.717, 1.165) is 0 Å². The van der Waals surface area contributed by atoms with Gasteiger partial charge in [-0.15, -0.1) is 39.7 Å². The van der Waals surface area contributed by atoms with Crippen molar-refractivity contribution in [3.05, 3.63) is 148 Å². The summed E-state index contributed by atoms with van der Waals surface area (Å²) in [6, 6.07) is 37.3. The number of fused-ring (bicyclic) bond motifs is 3. The first-order chi connectivity index (χ1) is 21.4. The van der Waals surface area contributed by atoms with Gasteiger partial charge in [0.05, 0.1) is 0 Å². The Morgan fingerprint density at radius 2 is 1.06 bits per heavy atom. The molecule has 0 aliphatic heterocycles. The quantitative estimate of drug-likeness (QED) is 0.149. The van der Waals surface area contributed by atoms with Crippen LogP contribution in [0.25, 0.3) is 21.5 Å². The Morgan fingerprint density at radius 3 is 1.35 bits per heavy atom. The van der Waals surface area contributed by atoms with E-state index >= 15 is 0 Å². The molecule has 5 aromatic carbocycles. The number of halogens is 2. The van der Waals surface area contributed by atoms with E-state index < -0.39 is 8.07 Å². The van der Waals surface area contributed by atoms with Gasteiger partial charge in [0.15, 0.2) is 0 Å². The molecule has 4 heteroatoms. The molecular weight excluding hydrogens is 719 g/mol. The van der Waals surface area contributed by atoms with E-state index in [-0.39, 0.29) is 35.6 Å². The van der Waals surface area contributed by atoms with Crippen LogP contribution in [-0.2, 0) is 35.1 Å². The first kappa shape index (κ1) is 41.9. The number of hydrogen-bond acceptors (Lipinski definition) is 0. The van der Waals surface area contributed by atoms with E-state index in [1.807, 2.05) is 0 Å². The van der Waals surface area contributed by atoms with Crippen LogP contribution in [0, 0.1) is 12.0 Å². The Kier molecular flexibility index (Phi) is 15.0. The minimum absolute atomic E-state index is 0. The summed E-state index contributed by atoms with van der Waals surface area (Å²) in [4.78, 5) is 0. The summed E-state index contributed by atoms with van der Waals surface area (Å²) in [5.41, 5.74) is 7.27. The van der Waals surface area contributed by atoms with E-state index in [9.17, 15) is 0 Å². The predicted molar refractivity (Wildman–Crippen MR) is 204 cm³/mol. The fourth-order valence-electron chi connectivity index (χ4n) is 5.98. The summed E-state index contributed by atoms with van der Waals surface area (Å²) in [5, 5.41) is 7.08. The Bertz CT molecular complexity index is 1750. The summed E-state index contributed by atoms with van der Waals surface area (Å²) in [6.07, 6.45) is 5.81. The van der Waals surface area contributed by atoms with E-state index in [4.69, 9.17) is 0 Å². The SMILES string of the molecule is CC(C)(C)c1ccc2c(c1)[cH-]c1cc(C(C)(C)C)ccc12.CC1=[C-]C(C)C=C1[Si](C)(C)C.[Cl-].[Cl-].[Zr+2]=[C](c1ccccc1)c1ccccc1. The number of rotatable bonds is 3. The third kappa shape index (κ3) is 10.9. The van der Waals surface area contributed by atoms with Crippen LogP contribution in [0.5, 0.6) is 0 Å². The molecule has 5 aromatic rings. The third-order valence-electron chi connectivity index (χ3n) is 8.63. The van der Waals surface area contributed by atoms with Gasteiger partial charge in [-0.3, -0.25) is 6.08 Å². The zero-order valence-corrected chi connectivity index (χ0v) is 35.7. The standard InChI is InChI=1S/C21H25.C13H10.C10H17Si.2ClH.Zr/c1-20(2,3)16-7-9-18-14(12-16)11-15-13-17(21(4,5)6)8-10-19(15)18;1-3-7-12(8-4-1)11-13-9-5-2-6-10-13;1-8-6-9(2)10(7-8)11(3,4)5;;;/h7-13H,1-6H3;1-10H;7-8H,1-5H3;2*1H;/q-1;;-1;;;+2/p-2. The molecule has 48 heavy (non-hydrogen) atoms. The monoisotopic (exact) mass is 768 g/mol. The first-order valence-electron chi connectivity index (χ1n) is 16.6. The summed E-state index contributed by atoms with van der Waals surface area (Å²) in [7, 11) is -1.07. The van der Waals surface area contributed by atoms with Gasteiger partial charge in [-0.2, -0.15) is 6.08 Å². The molecule has 252 valence electrons. The molecule has 1 atom stereocenters. The van der Waals surface area contributed by atoms with E-state index in [0.29, 0.717) is 5.92 Å². The van der Waals surface area contributed by atoms with E-state index in [1.165, 1.54) is 76.8 Å². The third-order valence-corrected chi connectivity index (χ3v) is 12.2. The molecule has 0 heterocycles. The van der Waals surface area contributed by atoms with Crippen LogP contribution in [0.2, 0.25) is 19.6 Å². The number of benzene rings is 4. The second-order valence-electron chi connectivity index (χ2n) is 15.7. The van der Waals surface area contributed by atoms with Crippen LogP contribution < -0.4 is 24.8 Å². The Labute approximate surface area is 319 Å². The second-order valence-corrected chi connectivity index (χ2v) is 22.0. The van der Waals surface area contributed by atoms with Crippen LogP contribution in [0.4, 0.5) is 0 Å². The van der Waals surface area contributed by atoms with Gasteiger partial charge >= 0.3 is 99.2 Å². The summed E-state index contributed by atoms with van der Waals surface area (Å²) >= 11 is 1.46. The molecule has 6 rings (SSSR count). The average molecular weight is 771 g/mol. The molecule has 0 fully saturated rings. The van der Waals surface area contributed by atoms with Crippen molar-refractivity contribution in [1.29, 1.82) is 0 Å². The Balaban J connectivity index is 0.000000260. The molecule has 0 aromatic heterocycles. The molecule has 0 amide bonds. The average Bonchev–Trinajstić information content (AvgIpc) is 3.55. The summed E-state index contributed by atoms with van der Waals surface area (Å²) in [5.74, 6) is 0.553. The molecule has 0 saturated heterocycles. The Hall–Kier alpha value is -2.22. The minimum atomic E-state index is -1.07. The molecule has 0 saturated carbocycles. The number of allylic oxidation sites excluding steroid dienone is 4. The number of hydrogen-bond donors (Lipinski definition) is 0. The molecule has 0 spiro atoms. The van der Waals surface area contributed by atoms with Crippen LogP contribution in [-0.4, -0.2) is 11.3 Å². The molecule has 1 aliphatic rings. The topological polar surface area (TPSA) is 0 Å². The van der Waals surface area contributed by atoms with Crippen molar-refractivity contribution in [2.75, 3.05) is 0 Å². The van der Waals surface area contributed by atoms with E-state index in [1.54, 1.807) is 5.20 Å². The maximum absolute atomic E-state index is 3.43. The molecule has 0 N–H and O–H groups in total. The van der Waals surface area contributed by atoms with Crippen molar-refractivity contribution in [2.45, 2.75) is 85.9 Å². The van der Waals surface area contributed by atoms with Gasteiger partial charge < -0.3 is 24.8 Å². The van der Waals surface area contributed by atoms with Gasteiger partial charge in [-0.25, -0.2) is 10.8 Å². The van der Waals surface area contributed by atoms with Crippen molar-refractivity contribution in [1.82, 2.24) is 0 Å². The van der Waals surface area contributed by atoms with Crippen LogP contribution >= 0.6 is 0 Å². The zero-order valence-electron chi connectivity index (χ0n) is 30.7. The fraction of sp³-hybridized carbons (Fsp3) is 0.318. The van der Waals surface area contributed by atoms with Crippen LogP contribution in [0.15, 0.2) is 120 Å². The molecule has 1 unspecified atom stereocenters. The van der Waals surface area contributed by atoms with Gasteiger partial charge in [0.2, 0.25) is 0 Å². The molecular formula is C44H52Cl2SiZr-2. The molecule has 0 nitrogen and oxygen atoms in total. The fourth-order valence-corrected chi connectivity index (χ4v) is 8.75. The normalized spacial score (nSPS) is 14.4.